The van der Waals surface area contributed by atoms with Crippen molar-refractivity contribution in [1.29, 1.82) is 0 Å². The summed E-state index contributed by atoms with van der Waals surface area (Å²) >= 11 is 0. The number of nitrogens with zero attached hydrogens (tertiary/aromatic N) is 2. The molecule has 0 fully saturated rings. The third kappa shape index (κ3) is 2.36. The Kier molecular flexibility index (Phi) is 3.24. The molecule has 8 heteroatoms. The van der Waals surface area contributed by atoms with Crippen LogP contribution in [0.15, 0.2) is 18.2 Å². The van der Waals surface area contributed by atoms with Crippen LogP contribution >= 0.6 is 0 Å². The van der Waals surface area contributed by atoms with Gasteiger partial charge in [0.1, 0.15) is 11.4 Å². The van der Waals surface area contributed by atoms with Crippen molar-refractivity contribution < 1.29 is 23.0 Å². The van der Waals surface area contributed by atoms with E-state index < -0.39 is 17.5 Å². The summed E-state index contributed by atoms with van der Waals surface area (Å²) < 4.78 is 44.7. The zero-order chi connectivity index (χ0) is 15.1. The summed E-state index contributed by atoms with van der Waals surface area (Å²) in [5.41, 5.74) is 4.83. The maximum atomic E-state index is 12.9. The molecule has 0 saturated carbocycles. The topological polar surface area (TPSA) is 73.3 Å². The Labute approximate surface area is 112 Å². The molecular weight excluding hydrogens is 275 g/mol. The van der Waals surface area contributed by atoms with Crippen LogP contribution in [0, 0.1) is 0 Å². The van der Waals surface area contributed by atoms with Crippen LogP contribution < -0.4 is 10.5 Å². The fourth-order valence-corrected chi connectivity index (χ4v) is 1.75. The summed E-state index contributed by atoms with van der Waals surface area (Å²) in [6.07, 6.45) is -4.70. The second-order valence-corrected chi connectivity index (χ2v) is 4.15. The van der Waals surface area contributed by atoms with Crippen molar-refractivity contribution in [1.82, 2.24) is 9.78 Å². The highest BCUT2D eigenvalue weighted by atomic mass is 19.4. The molecule has 0 bridgehead atoms. The normalized spacial score (nSPS) is 11.7. The van der Waals surface area contributed by atoms with Gasteiger partial charge in [0.25, 0.3) is 0 Å². The molecule has 0 saturated heterocycles. The number of methoxy groups -OCH3 is 1. The van der Waals surface area contributed by atoms with E-state index in [-0.39, 0.29) is 17.0 Å². The number of rotatable bonds is 2. The summed E-state index contributed by atoms with van der Waals surface area (Å²) in [5, 5.41) is 13.6. The predicted molar refractivity (Wildman–Crippen MR) is 66.3 cm³/mol. The smallest absolute Gasteiger partial charge is 0.420 e. The Morgan fingerprint density at radius 2 is 1.95 bits per heavy atom. The Hall–Kier alpha value is -2.38. The monoisotopic (exact) mass is 287 g/mol. The third-order valence-corrected chi connectivity index (χ3v) is 2.81. The first-order chi connectivity index (χ1) is 9.24. The van der Waals surface area contributed by atoms with Gasteiger partial charge in [0.2, 0.25) is 0 Å². The highest BCUT2D eigenvalue weighted by Crippen LogP contribution is 2.43. The Morgan fingerprint density at radius 1 is 1.30 bits per heavy atom. The summed E-state index contributed by atoms with van der Waals surface area (Å²) in [4.78, 5) is 0. The highest BCUT2D eigenvalue weighted by molar-refractivity contribution is 5.68. The molecule has 0 spiro atoms. The molecule has 0 aliphatic carbocycles. The second kappa shape index (κ2) is 4.62. The molecule has 0 aliphatic heterocycles. The number of nitrogens with two attached hydrogens (primary N) is 1. The predicted octanol–water partition coefficient (Wildman–Crippen LogP) is 2.40. The van der Waals surface area contributed by atoms with Gasteiger partial charge in [-0.2, -0.15) is 18.3 Å². The van der Waals surface area contributed by atoms with Crippen molar-refractivity contribution in [2.24, 2.45) is 7.05 Å². The van der Waals surface area contributed by atoms with Crippen LogP contribution in [0.4, 0.5) is 19.0 Å². The summed E-state index contributed by atoms with van der Waals surface area (Å²) in [6, 6.07) is 3.51. The molecule has 0 unspecified atom stereocenters. The van der Waals surface area contributed by atoms with Crippen LogP contribution in [-0.2, 0) is 13.2 Å². The largest absolute Gasteiger partial charge is 0.504 e. The molecule has 2 rings (SSSR count). The molecule has 1 heterocycles. The quantitative estimate of drug-likeness (QED) is 0.889. The highest BCUT2D eigenvalue weighted by Gasteiger charge is 2.36. The van der Waals surface area contributed by atoms with Gasteiger partial charge in [-0.15, -0.1) is 0 Å². The Balaban J connectivity index is 2.66. The number of hydrogen-bond acceptors (Lipinski definition) is 4. The van der Waals surface area contributed by atoms with Crippen molar-refractivity contribution in [3.63, 3.8) is 0 Å². The van der Waals surface area contributed by atoms with Crippen LogP contribution in [0.2, 0.25) is 0 Å². The summed E-state index contributed by atoms with van der Waals surface area (Å²) in [6.45, 7) is 0. The van der Waals surface area contributed by atoms with E-state index in [4.69, 9.17) is 10.5 Å². The van der Waals surface area contributed by atoms with E-state index in [2.05, 4.69) is 5.10 Å². The van der Waals surface area contributed by atoms with E-state index in [1.807, 2.05) is 0 Å². The molecule has 20 heavy (non-hydrogen) atoms. The molecule has 1 aromatic heterocycles. The number of hydrogen-bond donors (Lipinski definition) is 2. The number of anilines is 1. The summed E-state index contributed by atoms with van der Waals surface area (Å²) in [5.74, 6) is -0.924. The Morgan fingerprint density at radius 3 is 2.40 bits per heavy atom. The van der Waals surface area contributed by atoms with Crippen LogP contribution in [-0.4, -0.2) is 22.0 Å². The summed E-state index contributed by atoms with van der Waals surface area (Å²) in [7, 11) is 2.74. The zero-order valence-electron chi connectivity index (χ0n) is 10.7. The SMILES string of the molecule is COc1cc(-c2cc(N)n(C)n2)cc(C(F)(F)F)c1O. The number of aryl methyl sites for hydroxylation is 1. The van der Waals surface area contributed by atoms with Crippen LogP contribution in [0.1, 0.15) is 5.56 Å². The van der Waals surface area contributed by atoms with Gasteiger partial charge >= 0.3 is 6.18 Å². The molecule has 0 radical (unpaired) electrons. The molecule has 3 N–H and O–H groups in total. The number of benzene rings is 1. The number of aromatic hydroxyl groups is 1. The van der Waals surface area contributed by atoms with Gasteiger partial charge in [0.05, 0.1) is 12.8 Å². The first kappa shape index (κ1) is 14.0. The van der Waals surface area contributed by atoms with Gasteiger partial charge in [-0.1, -0.05) is 0 Å². The lowest BCUT2D eigenvalue weighted by Gasteiger charge is -2.13. The number of phenolic OH excluding ortho intramolecular Hbond substituents is 1. The van der Waals surface area contributed by atoms with Gasteiger partial charge in [0, 0.05) is 18.7 Å². The second-order valence-electron chi connectivity index (χ2n) is 4.15. The molecule has 0 atom stereocenters. The van der Waals surface area contributed by atoms with Crippen LogP contribution in [0.25, 0.3) is 11.3 Å². The lowest BCUT2D eigenvalue weighted by atomic mass is 10.1. The average molecular weight is 287 g/mol. The van der Waals surface area contributed by atoms with E-state index in [0.29, 0.717) is 5.82 Å². The van der Waals surface area contributed by atoms with Crippen molar-refractivity contribution in [2.75, 3.05) is 12.8 Å². The maximum Gasteiger partial charge on any atom is 0.420 e. The number of aromatic nitrogens is 2. The van der Waals surface area contributed by atoms with Crippen LogP contribution in [0.3, 0.4) is 0 Å². The molecule has 1 aromatic carbocycles. The zero-order valence-corrected chi connectivity index (χ0v) is 10.7. The van der Waals surface area contributed by atoms with Crippen molar-refractivity contribution in [3.05, 3.63) is 23.8 Å². The number of alkyl halides is 3. The minimum atomic E-state index is -4.70. The number of halogens is 3. The van der Waals surface area contributed by atoms with E-state index in [9.17, 15) is 18.3 Å². The van der Waals surface area contributed by atoms with Gasteiger partial charge in [0.15, 0.2) is 11.5 Å². The lowest BCUT2D eigenvalue weighted by Crippen LogP contribution is -2.06. The third-order valence-electron chi connectivity index (χ3n) is 2.81. The fourth-order valence-electron chi connectivity index (χ4n) is 1.75. The maximum absolute atomic E-state index is 12.9. The van der Waals surface area contributed by atoms with Crippen molar-refractivity contribution in [2.45, 2.75) is 6.18 Å². The number of nitrogen functional groups attached to an aromatic ring is 1. The fraction of sp³-hybridized carbons (Fsp3) is 0.250. The Bertz CT molecular complexity index is 631. The first-order valence-electron chi connectivity index (χ1n) is 5.52. The molecule has 0 amide bonds. The van der Waals surface area contributed by atoms with Gasteiger partial charge in [-0.05, 0) is 12.1 Å². The molecule has 108 valence electrons. The van der Waals surface area contributed by atoms with E-state index in [0.717, 1.165) is 6.07 Å². The minimum Gasteiger partial charge on any atom is -0.504 e. The van der Waals surface area contributed by atoms with Crippen LogP contribution in [0.5, 0.6) is 11.5 Å². The van der Waals surface area contributed by atoms with E-state index >= 15 is 0 Å². The van der Waals surface area contributed by atoms with Crippen molar-refractivity contribution >= 4 is 5.82 Å². The van der Waals surface area contributed by atoms with Crippen molar-refractivity contribution in [3.8, 4) is 22.8 Å². The molecule has 5 nitrogen and oxygen atoms in total. The minimum absolute atomic E-state index is 0.152. The van der Waals surface area contributed by atoms with Gasteiger partial charge in [-0.25, -0.2) is 0 Å². The number of ether oxygens (including phenoxy) is 1. The van der Waals surface area contributed by atoms with E-state index in [1.165, 1.54) is 23.9 Å². The molecule has 0 aliphatic rings. The van der Waals surface area contributed by atoms with Gasteiger partial charge < -0.3 is 15.6 Å². The van der Waals surface area contributed by atoms with Gasteiger partial charge in [-0.3, -0.25) is 4.68 Å². The molecule has 2 aromatic rings. The van der Waals surface area contributed by atoms with E-state index in [1.54, 1.807) is 7.05 Å². The first-order valence-corrected chi connectivity index (χ1v) is 5.52. The average Bonchev–Trinajstić information content (AvgIpc) is 2.68. The number of phenols is 1. The molecular formula is C12H12F3N3O2. The lowest BCUT2D eigenvalue weighted by molar-refractivity contribution is -0.138. The standard InChI is InChI=1S/C12H12F3N3O2/c1-18-10(16)5-8(17-18)6-3-7(12(13,14)15)11(19)9(4-6)20-2/h3-5,19H,16H2,1-2H3.